The Morgan fingerprint density at radius 1 is 1.04 bits per heavy atom. The predicted octanol–water partition coefficient (Wildman–Crippen LogP) is 4.52. The number of carbonyl (C=O) groups is 1. The van der Waals surface area contributed by atoms with Crippen LogP contribution in [0.2, 0.25) is 0 Å². The van der Waals surface area contributed by atoms with Crippen LogP contribution in [0.5, 0.6) is 11.5 Å². The summed E-state index contributed by atoms with van der Waals surface area (Å²) in [6.45, 7) is 0.413. The molecule has 0 spiro atoms. The maximum Gasteiger partial charge on any atom is 0.256 e. The summed E-state index contributed by atoms with van der Waals surface area (Å²) >= 11 is 1.48. The van der Waals surface area contributed by atoms with Gasteiger partial charge in [0.15, 0.2) is 0 Å². The number of benzene rings is 2. The van der Waals surface area contributed by atoms with Crippen LogP contribution in [-0.4, -0.2) is 37.1 Å². The molecule has 0 fully saturated rings. The second-order valence-electron chi connectivity index (χ2n) is 6.11. The van der Waals surface area contributed by atoms with Crippen molar-refractivity contribution in [2.75, 3.05) is 21.3 Å². The fourth-order valence-corrected chi connectivity index (χ4v) is 3.65. The lowest BCUT2D eigenvalue weighted by molar-refractivity contribution is 0.0780. The summed E-state index contributed by atoms with van der Waals surface area (Å²) in [6.07, 6.45) is 1.70. The first-order chi connectivity index (χ1) is 13.6. The van der Waals surface area contributed by atoms with Crippen molar-refractivity contribution >= 4 is 17.7 Å². The van der Waals surface area contributed by atoms with Crippen molar-refractivity contribution in [3.05, 3.63) is 78.0 Å². The molecule has 28 heavy (non-hydrogen) atoms. The maximum atomic E-state index is 13.1. The van der Waals surface area contributed by atoms with Gasteiger partial charge in [-0.2, -0.15) is 0 Å². The van der Waals surface area contributed by atoms with Crippen LogP contribution in [0.3, 0.4) is 0 Å². The first-order valence-corrected chi connectivity index (χ1v) is 9.58. The summed E-state index contributed by atoms with van der Waals surface area (Å²) in [5, 5.41) is 0.687. The number of carbonyl (C=O) groups excluding carboxylic acids is 1. The van der Waals surface area contributed by atoms with E-state index in [0.29, 0.717) is 28.6 Å². The molecule has 3 rings (SSSR count). The second kappa shape index (κ2) is 9.28. The number of methoxy groups -OCH3 is 2. The number of rotatable bonds is 7. The Morgan fingerprint density at radius 3 is 2.54 bits per heavy atom. The van der Waals surface area contributed by atoms with Crippen molar-refractivity contribution in [3.8, 4) is 11.5 Å². The van der Waals surface area contributed by atoms with Crippen LogP contribution < -0.4 is 9.47 Å². The zero-order valence-corrected chi connectivity index (χ0v) is 16.9. The molecule has 0 saturated heterocycles. The van der Waals surface area contributed by atoms with E-state index >= 15 is 0 Å². The van der Waals surface area contributed by atoms with Crippen molar-refractivity contribution in [1.29, 1.82) is 0 Å². The molecule has 0 saturated carbocycles. The zero-order valence-electron chi connectivity index (χ0n) is 16.1. The number of amides is 1. The molecule has 0 aliphatic heterocycles. The quantitative estimate of drug-likeness (QED) is 0.590. The molecular formula is C22H22N2O3S. The molecule has 0 atom stereocenters. The topological polar surface area (TPSA) is 51.7 Å². The fraction of sp³-hybridized carbons (Fsp3) is 0.182. The molecule has 0 radical (unpaired) electrons. The molecule has 0 unspecified atom stereocenters. The zero-order chi connectivity index (χ0) is 19.9. The van der Waals surface area contributed by atoms with Gasteiger partial charge in [0.05, 0.1) is 19.8 Å². The van der Waals surface area contributed by atoms with Gasteiger partial charge in [0.25, 0.3) is 5.91 Å². The van der Waals surface area contributed by atoms with Crippen molar-refractivity contribution in [1.82, 2.24) is 9.88 Å². The number of hydrogen-bond donors (Lipinski definition) is 0. The smallest absolute Gasteiger partial charge is 0.256 e. The molecule has 0 aliphatic rings. The van der Waals surface area contributed by atoms with E-state index in [9.17, 15) is 4.79 Å². The van der Waals surface area contributed by atoms with Gasteiger partial charge in [-0.15, -0.1) is 0 Å². The van der Waals surface area contributed by atoms with Gasteiger partial charge in [0.2, 0.25) is 0 Å². The summed E-state index contributed by atoms with van der Waals surface area (Å²) in [7, 11) is 4.99. The van der Waals surface area contributed by atoms with Crippen molar-refractivity contribution in [2.45, 2.75) is 16.5 Å². The first-order valence-electron chi connectivity index (χ1n) is 8.76. The average molecular weight is 394 g/mol. The van der Waals surface area contributed by atoms with E-state index in [-0.39, 0.29) is 5.91 Å². The van der Waals surface area contributed by atoms with Crippen LogP contribution in [0.15, 0.2) is 76.8 Å². The molecule has 0 aliphatic carbocycles. The molecule has 0 bridgehead atoms. The van der Waals surface area contributed by atoms with E-state index < -0.39 is 0 Å². The van der Waals surface area contributed by atoms with E-state index in [1.165, 1.54) is 11.8 Å². The van der Waals surface area contributed by atoms with E-state index in [4.69, 9.17) is 9.47 Å². The Bertz CT molecular complexity index is 948. The van der Waals surface area contributed by atoms with Gasteiger partial charge in [-0.3, -0.25) is 4.79 Å². The summed E-state index contributed by atoms with van der Waals surface area (Å²) in [5.74, 6) is 1.30. The molecular weight excluding hydrogens is 372 g/mol. The largest absolute Gasteiger partial charge is 0.497 e. The molecule has 1 heterocycles. The lowest BCUT2D eigenvalue weighted by atomic mass is 10.1. The Labute approximate surface area is 169 Å². The maximum absolute atomic E-state index is 13.1. The standard InChI is InChI=1S/C22H22N2O3S/c1-24(15-16-11-12-17(26-2)14-20(16)27-3)22(25)19-10-7-13-23-21(19)28-18-8-5-4-6-9-18/h4-14H,15H2,1-3H3. The van der Waals surface area contributed by atoms with Gasteiger partial charge in [0.1, 0.15) is 16.5 Å². The Kier molecular flexibility index (Phi) is 6.55. The van der Waals surface area contributed by atoms with Gasteiger partial charge >= 0.3 is 0 Å². The molecule has 2 aromatic carbocycles. The van der Waals surface area contributed by atoms with Crippen molar-refractivity contribution in [2.24, 2.45) is 0 Å². The summed E-state index contributed by atoms with van der Waals surface area (Å²) in [4.78, 5) is 20.2. The molecule has 144 valence electrons. The minimum atomic E-state index is -0.0931. The summed E-state index contributed by atoms with van der Waals surface area (Å²) in [6, 6.07) is 19.1. The highest BCUT2D eigenvalue weighted by Gasteiger charge is 2.19. The highest BCUT2D eigenvalue weighted by Crippen LogP contribution is 2.30. The fourth-order valence-electron chi connectivity index (χ4n) is 2.75. The summed E-state index contributed by atoms with van der Waals surface area (Å²) in [5.41, 5.74) is 1.48. The monoisotopic (exact) mass is 394 g/mol. The summed E-state index contributed by atoms with van der Waals surface area (Å²) < 4.78 is 10.7. The Hall–Kier alpha value is -2.99. The molecule has 0 N–H and O–H groups in total. The minimum Gasteiger partial charge on any atom is -0.497 e. The van der Waals surface area contributed by atoms with E-state index in [2.05, 4.69) is 4.98 Å². The highest BCUT2D eigenvalue weighted by atomic mass is 32.2. The Balaban J connectivity index is 1.81. The normalized spacial score (nSPS) is 10.4. The number of aromatic nitrogens is 1. The predicted molar refractivity (Wildman–Crippen MR) is 110 cm³/mol. The third kappa shape index (κ3) is 4.64. The van der Waals surface area contributed by atoms with Crippen LogP contribution in [0.1, 0.15) is 15.9 Å². The van der Waals surface area contributed by atoms with Gasteiger partial charge in [-0.25, -0.2) is 4.98 Å². The number of hydrogen-bond acceptors (Lipinski definition) is 5. The third-order valence-electron chi connectivity index (χ3n) is 4.21. The van der Waals surface area contributed by atoms with Crippen LogP contribution in [0, 0.1) is 0 Å². The molecule has 6 heteroatoms. The van der Waals surface area contributed by atoms with Gasteiger partial charge in [0, 0.05) is 36.3 Å². The number of ether oxygens (including phenoxy) is 2. The lowest BCUT2D eigenvalue weighted by Gasteiger charge is -2.20. The van der Waals surface area contributed by atoms with E-state index in [1.54, 1.807) is 38.4 Å². The molecule has 1 aromatic heterocycles. The van der Waals surface area contributed by atoms with E-state index in [0.717, 1.165) is 10.5 Å². The highest BCUT2D eigenvalue weighted by molar-refractivity contribution is 7.99. The first kappa shape index (κ1) is 19.8. The van der Waals surface area contributed by atoms with Gasteiger partial charge < -0.3 is 14.4 Å². The van der Waals surface area contributed by atoms with Crippen LogP contribution in [0.25, 0.3) is 0 Å². The lowest BCUT2D eigenvalue weighted by Crippen LogP contribution is -2.27. The Morgan fingerprint density at radius 2 is 1.82 bits per heavy atom. The molecule has 3 aromatic rings. The van der Waals surface area contributed by atoms with E-state index in [1.807, 2.05) is 54.6 Å². The van der Waals surface area contributed by atoms with Crippen molar-refractivity contribution < 1.29 is 14.3 Å². The third-order valence-corrected chi connectivity index (χ3v) is 5.23. The second-order valence-corrected chi connectivity index (χ2v) is 7.17. The average Bonchev–Trinajstić information content (AvgIpc) is 2.74. The van der Waals surface area contributed by atoms with Crippen LogP contribution >= 0.6 is 11.8 Å². The number of pyridine rings is 1. The van der Waals surface area contributed by atoms with Crippen LogP contribution in [0.4, 0.5) is 0 Å². The van der Waals surface area contributed by atoms with Crippen LogP contribution in [-0.2, 0) is 6.54 Å². The van der Waals surface area contributed by atoms with Gasteiger partial charge in [-0.1, -0.05) is 30.0 Å². The molecule has 5 nitrogen and oxygen atoms in total. The number of nitrogens with zero attached hydrogens (tertiary/aromatic N) is 2. The van der Waals surface area contributed by atoms with Crippen molar-refractivity contribution in [3.63, 3.8) is 0 Å². The SMILES string of the molecule is COc1ccc(CN(C)C(=O)c2cccnc2Sc2ccccc2)c(OC)c1. The molecule has 1 amide bonds. The van der Waals surface area contributed by atoms with Gasteiger partial charge in [-0.05, 0) is 36.4 Å². The minimum absolute atomic E-state index is 0.0931.